The quantitative estimate of drug-likeness (QED) is 0.847. The molecular formula is C16H20ClFN2. The Bertz CT molecular complexity index is 632. The van der Waals surface area contributed by atoms with Crippen LogP contribution in [0.15, 0.2) is 18.2 Å². The molecule has 0 fully saturated rings. The maximum absolute atomic E-state index is 13.5. The summed E-state index contributed by atoms with van der Waals surface area (Å²) in [6, 6.07) is 4.77. The Labute approximate surface area is 124 Å². The summed E-state index contributed by atoms with van der Waals surface area (Å²) >= 11 is 6.14. The topological polar surface area (TPSA) is 24.9 Å². The molecule has 0 aliphatic carbocycles. The predicted molar refractivity (Wildman–Crippen MR) is 84.2 cm³/mol. The van der Waals surface area contributed by atoms with Gasteiger partial charge in [-0.15, -0.1) is 0 Å². The maximum atomic E-state index is 13.5. The van der Waals surface area contributed by atoms with Crippen LogP contribution >= 0.6 is 11.6 Å². The number of rotatable bonds is 3. The third-order valence-electron chi connectivity index (χ3n) is 3.20. The van der Waals surface area contributed by atoms with Gasteiger partial charge in [0.25, 0.3) is 0 Å². The molecule has 2 nitrogen and oxygen atoms in total. The number of halogens is 2. The molecule has 0 atom stereocenters. The van der Waals surface area contributed by atoms with Gasteiger partial charge in [-0.25, -0.2) is 9.37 Å². The van der Waals surface area contributed by atoms with E-state index in [2.05, 4.69) is 38.0 Å². The zero-order valence-electron chi connectivity index (χ0n) is 12.3. The summed E-state index contributed by atoms with van der Waals surface area (Å²) in [5.41, 5.74) is 1.61. The number of nitrogens with one attached hydrogen (secondary N) is 1. The number of aromatic nitrogens is 1. The second kappa shape index (κ2) is 5.57. The van der Waals surface area contributed by atoms with E-state index in [-0.39, 0.29) is 11.2 Å². The largest absolute Gasteiger partial charge is 0.370 e. The molecule has 1 aromatic heterocycles. The van der Waals surface area contributed by atoms with Gasteiger partial charge in [-0.1, -0.05) is 39.3 Å². The second-order valence-electron chi connectivity index (χ2n) is 6.02. The normalized spacial score (nSPS) is 11.9. The number of hydrogen-bond donors (Lipinski definition) is 1. The molecule has 2 rings (SSSR count). The first-order chi connectivity index (χ1) is 9.32. The molecule has 0 spiro atoms. The molecule has 1 aromatic carbocycles. The predicted octanol–water partition coefficient (Wildman–Crippen LogP) is 5.15. The number of hydrogen-bond acceptors (Lipinski definition) is 2. The monoisotopic (exact) mass is 294 g/mol. The van der Waals surface area contributed by atoms with E-state index < -0.39 is 0 Å². The van der Waals surface area contributed by atoms with Gasteiger partial charge >= 0.3 is 0 Å². The molecule has 0 radical (unpaired) electrons. The van der Waals surface area contributed by atoms with E-state index >= 15 is 0 Å². The summed E-state index contributed by atoms with van der Waals surface area (Å²) in [6.45, 7) is 9.32. The number of nitrogens with zero attached hydrogens (tertiary/aromatic N) is 1. The van der Waals surface area contributed by atoms with Crippen molar-refractivity contribution < 1.29 is 4.39 Å². The van der Waals surface area contributed by atoms with Crippen molar-refractivity contribution in [2.75, 3.05) is 11.9 Å². The first kappa shape index (κ1) is 15.0. The summed E-state index contributed by atoms with van der Waals surface area (Å²) in [5, 5.41) is 4.52. The molecule has 0 aliphatic heterocycles. The van der Waals surface area contributed by atoms with Gasteiger partial charge in [0.1, 0.15) is 11.6 Å². The molecule has 0 unspecified atom stereocenters. The Morgan fingerprint density at radius 3 is 2.55 bits per heavy atom. The van der Waals surface area contributed by atoms with Gasteiger partial charge in [-0.05, 0) is 24.0 Å². The van der Waals surface area contributed by atoms with Crippen LogP contribution in [0.25, 0.3) is 10.9 Å². The fourth-order valence-electron chi connectivity index (χ4n) is 2.15. The average Bonchev–Trinajstić information content (AvgIpc) is 2.33. The highest BCUT2D eigenvalue weighted by Gasteiger charge is 2.21. The van der Waals surface area contributed by atoms with E-state index in [0.29, 0.717) is 10.5 Å². The van der Waals surface area contributed by atoms with Gasteiger partial charge in [-0.2, -0.15) is 0 Å². The summed E-state index contributed by atoms with van der Waals surface area (Å²) in [7, 11) is 0. The van der Waals surface area contributed by atoms with Crippen LogP contribution in [0, 0.1) is 5.82 Å². The van der Waals surface area contributed by atoms with Gasteiger partial charge in [-0.3, -0.25) is 0 Å². The number of anilines is 1. The second-order valence-corrected chi connectivity index (χ2v) is 6.42. The molecule has 0 saturated heterocycles. The molecule has 0 aliphatic rings. The van der Waals surface area contributed by atoms with E-state index in [9.17, 15) is 4.39 Å². The Hall–Kier alpha value is -1.35. The highest BCUT2D eigenvalue weighted by atomic mass is 35.5. The third-order valence-corrected chi connectivity index (χ3v) is 3.51. The van der Waals surface area contributed by atoms with Crippen LogP contribution in [0.1, 0.15) is 39.7 Å². The summed E-state index contributed by atoms with van der Waals surface area (Å²) in [5.74, 6) is 0.452. The molecule has 108 valence electrons. The van der Waals surface area contributed by atoms with Crippen LogP contribution in [0.4, 0.5) is 10.2 Å². The standard InChI is InChI=1S/C16H20ClFN2/c1-5-6-19-15-12(16(2,3)4)9-11-13(17)7-10(18)8-14(11)20-15/h7-9H,5-6H2,1-4H3,(H,19,20). The van der Waals surface area contributed by atoms with E-state index in [4.69, 9.17) is 11.6 Å². The smallest absolute Gasteiger partial charge is 0.130 e. The van der Waals surface area contributed by atoms with Gasteiger partial charge in [0, 0.05) is 23.6 Å². The lowest BCUT2D eigenvalue weighted by Crippen LogP contribution is -2.16. The highest BCUT2D eigenvalue weighted by molar-refractivity contribution is 6.35. The van der Waals surface area contributed by atoms with E-state index in [1.807, 2.05) is 6.07 Å². The van der Waals surface area contributed by atoms with Crippen molar-refractivity contribution in [3.8, 4) is 0 Å². The lowest BCUT2D eigenvalue weighted by Gasteiger charge is -2.23. The lowest BCUT2D eigenvalue weighted by molar-refractivity contribution is 0.590. The molecule has 0 amide bonds. The zero-order valence-corrected chi connectivity index (χ0v) is 13.1. The first-order valence-electron chi connectivity index (χ1n) is 6.87. The minimum absolute atomic E-state index is 0.0605. The molecule has 4 heteroatoms. The van der Waals surface area contributed by atoms with Crippen molar-refractivity contribution in [2.24, 2.45) is 0 Å². The fraction of sp³-hybridized carbons (Fsp3) is 0.438. The molecule has 20 heavy (non-hydrogen) atoms. The van der Waals surface area contributed by atoms with Gasteiger partial charge in [0.15, 0.2) is 0 Å². The Kier molecular flexibility index (Phi) is 4.19. The van der Waals surface area contributed by atoms with Crippen molar-refractivity contribution in [1.29, 1.82) is 0 Å². The number of benzene rings is 1. The Balaban J connectivity index is 2.68. The Morgan fingerprint density at radius 2 is 1.95 bits per heavy atom. The summed E-state index contributed by atoms with van der Waals surface area (Å²) in [6.07, 6.45) is 1.01. The van der Waals surface area contributed by atoms with Crippen molar-refractivity contribution in [1.82, 2.24) is 4.98 Å². The zero-order chi connectivity index (χ0) is 14.9. The van der Waals surface area contributed by atoms with E-state index in [1.54, 1.807) is 0 Å². The van der Waals surface area contributed by atoms with E-state index in [1.165, 1.54) is 12.1 Å². The fourth-order valence-corrected chi connectivity index (χ4v) is 2.41. The first-order valence-corrected chi connectivity index (χ1v) is 7.25. The summed E-state index contributed by atoms with van der Waals surface area (Å²) < 4.78 is 13.5. The molecule has 0 saturated carbocycles. The van der Waals surface area contributed by atoms with Crippen molar-refractivity contribution in [3.05, 3.63) is 34.6 Å². The van der Waals surface area contributed by atoms with Crippen LogP contribution in [0.2, 0.25) is 5.02 Å². The molecule has 1 N–H and O–H groups in total. The summed E-state index contributed by atoms with van der Waals surface area (Å²) in [4.78, 5) is 4.57. The number of pyridine rings is 1. The molecular weight excluding hydrogens is 275 g/mol. The van der Waals surface area contributed by atoms with Crippen molar-refractivity contribution in [3.63, 3.8) is 0 Å². The van der Waals surface area contributed by atoms with Crippen LogP contribution in [0.3, 0.4) is 0 Å². The van der Waals surface area contributed by atoms with Crippen LogP contribution in [-0.4, -0.2) is 11.5 Å². The Morgan fingerprint density at radius 1 is 1.25 bits per heavy atom. The molecule has 1 heterocycles. The van der Waals surface area contributed by atoms with Crippen molar-refractivity contribution >= 4 is 28.3 Å². The van der Waals surface area contributed by atoms with Crippen molar-refractivity contribution in [2.45, 2.75) is 39.5 Å². The average molecular weight is 295 g/mol. The van der Waals surface area contributed by atoms with Gasteiger partial charge < -0.3 is 5.32 Å². The van der Waals surface area contributed by atoms with Crippen LogP contribution in [0.5, 0.6) is 0 Å². The maximum Gasteiger partial charge on any atom is 0.130 e. The SMILES string of the molecule is CCCNc1nc2cc(F)cc(Cl)c2cc1C(C)(C)C. The number of fused-ring (bicyclic) bond motifs is 1. The van der Waals surface area contributed by atoms with Crippen LogP contribution < -0.4 is 5.32 Å². The van der Waals surface area contributed by atoms with E-state index in [0.717, 1.165) is 29.7 Å². The molecule has 2 aromatic rings. The van der Waals surface area contributed by atoms with Gasteiger partial charge in [0.05, 0.1) is 10.5 Å². The minimum Gasteiger partial charge on any atom is -0.370 e. The third kappa shape index (κ3) is 3.04. The minimum atomic E-state index is -0.361. The molecule has 0 bridgehead atoms. The van der Waals surface area contributed by atoms with Crippen LogP contribution in [-0.2, 0) is 5.41 Å². The lowest BCUT2D eigenvalue weighted by atomic mass is 9.86. The highest BCUT2D eigenvalue weighted by Crippen LogP contribution is 2.34. The van der Waals surface area contributed by atoms with Gasteiger partial charge in [0.2, 0.25) is 0 Å².